The van der Waals surface area contributed by atoms with E-state index in [0.29, 0.717) is 18.0 Å². The van der Waals surface area contributed by atoms with Crippen LogP contribution in [0.2, 0.25) is 0 Å². The number of rotatable bonds is 3. The topological polar surface area (TPSA) is 120 Å². The fourth-order valence-corrected chi connectivity index (χ4v) is 2.31. The van der Waals surface area contributed by atoms with Crippen LogP contribution in [0.3, 0.4) is 0 Å². The van der Waals surface area contributed by atoms with E-state index < -0.39 is 11.9 Å². The smallest absolute Gasteiger partial charge is 0.414 e. The highest BCUT2D eigenvalue weighted by Crippen LogP contribution is 2.25. The number of nitrogens with zero attached hydrogens (tertiary/aromatic N) is 3. The van der Waals surface area contributed by atoms with Gasteiger partial charge in [0.2, 0.25) is 5.88 Å². The van der Waals surface area contributed by atoms with Gasteiger partial charge in [-0.3, -0.25) is 4.79 Å². The maximum absolute atomic E-state index is 12.3. The largest absolute Gasteiger partial charge is 0.473 e. The molecule has 2 atom stereocenters. The monoisotopic (exact) mass is 353 g/mol. The Morgan fingerprint density at radius 1 is 1.40 bits per heavy atom. The van der Waals surface area contributed by atoms with Gasteiger partial charge in [-0.2, -0.15) is 0 Å². The first kappa shape index (κ1) is 20.5. The number of pyridine rings is 1. The van der Waals surface area contributed by atoms with Crippen LogP contribution < -0.4 is 4.84 Å². The molecule has 1 aromatic heterocycles. The number of hydroxylamine groups is 2. The number of fused-ring (bicyclic) bond motifs is 1. The number of hydrogen-bond donors (Lipinski definition) is 2. The first-order valence-corrected chi connectivity index (χ1v) is 7.68. The molecular formula is C16H23N3O6. The van der Waals surface area contributed by atoms with Crippen LogP contribution in [0, 0.1) is 5.92 Å². The molecule has 9 nitrogen and oxygen atoms in total. The maximum atomic E-state index is 12.3. The number of likely N-dealkylation sites (N-methyl/N-ethyl adjacent to an activating group) is 1. The summed E-state index contributed by atoms with van der Waals surface area (Å²) in [4.78, 5) is 42.6. The molecule has 1 aliphatic heterocycles. The Bertz CT molecular complexity index is 622. The molecule has 0 saturated heterocycles. The van der Waals surface area contributed by atoms with E-state index in [4.69, 9.17) is 24.6 Å². The molecule has 2 N–H and O–H groups in total. The quantitative estimate of drug-likeness (QED) is 0.753. The summed E-state index contributed by atoms with van der Waals surface area (Å²) in [5, 5.41) is 16.6. The van der Waals surface area contributed by atoms with Crippen LogP contribution in [0.25, 0.3) is 0 Å². The van der Waals surface area contributed by atoms with Gasteiger partial charge in [0.1, 0.15) is 0 Å². The standard InChI is InChI=1S/C14H21N3O2.C2H2O4/c1-10-8-17(11(2)9-16(3)4)19-14-12(13(10)18)6-5-7-15-14;3-1(4)2(5)6/h5-7,10-11H,8-9H2,1-4H3;(H,3,4)(H,5,6). The van der Waals surface area contributed by atoms with Gasteiger partial charge in [0, 0.05) is 25.2 Å². The second-order valence-electron chi connectivity index (χ2n) is 6.03. The summed E-state index contributed by atoms with van der Waals surface area (Å²) in [6.45, 7) is 5.47. The van der Waals surface area contributed by atoms with Crippen molar-refractivity contribution in [1.82, 2.24) is 14.9 Å². The van der Waals surface area contributed by atoms with E-state index in [1.165, 1.54) is 0 Å². The van der Waals surface area contributed by atoms with Crippen LogP contribution >= 0.6 is 0 Å². The van der Waals surface area contributed by atoms with Crippen molar-refractivity contribution >= 4 is 17.7 Å². The highest BCUT2D eigenvalue weighted by atomic mass is 16.7. The summed E-state index contributed by atoms with van der Waals surface area (Å²) >= 11 is 0. The van der Waals surface area contributed by atoms with Gasteiger partial charge in [-0.1, -0.05) is 6.92 Å². The number of aromatic nitrogens is 1. The first-order valence-electron chi connectivity index (χ1n) is 7.68. The average Bonchev–Trinajstić information content (AvgIpc) is 2.65. The summed E-state index contributed by atoms with van der Waals surface area (Å²) in [6.07, 6.45) is 1.65. The minimum Gasteiger partial charge on any atom is -0.473 e. The zero-order valence-corrected chi connectivity index (χ0v) is 14.7. The molecule has 0 bridgehead atoms. The molecule has 0 fully saturated rings. The number of carbonyl (C=O) groups is 3. The number of hydrogen-bond acceptors (Lipinski definition) is 7. The van der Waals surface area contributed by atoms with Crippen molar-refractivity contribution in [2.45, 2.75) is 19.9 Å². The lowest BCUT2D eigenvalue weighted by Gasteiger charge is -2.29. The molecule has 0 spiro atoms. The summed E-state index contributed by atoms with van der Waals surface area (Å²) in [6, 6.07) is 3.74. The van der Waals surface area contributed by atoms with E-state index in [9.17, 15) is 4.79 Å². The summed E-state index contributed by atoms with van der Waals surface area (Å²) in [7, 11) is 4.05. The van der Waals surface area contributed by atoms with Crippen molar-refractivity contribution in [1.29, 1.82) is 0 Å². The van der Waals surface area contributed by atoms with Crippen LogP contribution in [-0.4, -0.2) is 76.1 Å². The van der Waals surface area contributed by atoms with E-state index in [-0.39, 0.29) is 17.7 Å². The van der Waals surface area contributed by atoms with Crippen molar-refractivity contribution in [3.8, 4) is 5.88 Å². The average molecular weight is 353 g/mol. The molecular weight excluding hydrogens is 330 g/mol. The Morgan fingerprint density at radius 2 is 2.00 bits per heavy atom. The molecule has 138 valence electrons. The predicted molar refractivity (Wildman–Crippen MR) is 88.4 cm³/mol. The van der Waals surface area contributed by atoms with Gasteiger partial charge < -0.3 is 20.0 Å². The first-order chi connectivity index (χ1) is 11.6. The number of carbonyl (C=O) groups excluding carboxylic acids is 1. The van der Waals surface area contributed by atoms with Crippen LogP contribution in [-0.2, 0) is 9.59 Å². The molecule has 0 amide bonds. The fraction of sp³-hybridized carbons (Fsp3) is 0.500. The van der Waals surface area contributed by atoms with Crippen molar-refractivity contribution in [3.05, 3.63) is 23.9 Å². The minimum absolute atomic E-state index is 0.0879. The van der Waals surface area contributed by atoms with E-state index in [2.05, 4.69) is 16.8 Å². The van der Waals surface area contributed by atoms with E-state index in [1.54, 1.807) is 18.3 Å². The number of carboxylic acid groups (broad SMARTS) is 2. The second kappa shape index (κ2) is 9.09. The molecule has 1 aromatic rings. The second-order valence-corrected chi connectivity index (χ2v) is 6.03. The molecule has 2 rings (SSSR count). The van der Waals surface area contributed by atoms with Gasteiger partial charge in [-0.05, 0) is 33.2 Å². The van der Waals surface area contributed by atoms with Crippen LogP contribution in [0.1, 0.15) is 24.2 Å². The maximum Gasteiger partial charge on any atom is 0.414 e. The van der Waals surface area contributed by atoms with Gasteiger partial charge in [0.05, 0.1) is 11.6 Å². The van der Waals surface area contributed by atoms with Crippen LogP contribution in [0.5, 0.6) is 5.88 Å². The molecule has 25 heavy (non-hydrogen) atoms. The summed E-state index contributed by atoms with van der Waals surface area (Å²) in [5.74, 6) is -3.22. The van der Waals surface area contributed by atoms with Crippen molar-refractivity contribution in [2.75, 3.05) is 27.2 Å². The van der Waals surface area contributed by atoms with Crippen LogP contribution in [0.15, 0.2) is 18.3 Å². The van der Waals surface area contributed by atoms with E-state index in [1.807, 2.05) is 26.1 Å². The molecule has 2 heterocycles. The van der Waals surface area contributed by atoms with Crippen molar-refractivity contribution < 1.29 is 29.4 Å². The molecule has 9 heteroatoms. The Labute approximate surface area is 145 Å². The van der Waals surface area contributed by atoms with Crippen LogP contribution in [0.4, 0.5) is 0 Å². The molecule has 0 saturated carbocycles. The molecule has 1 aliphatic rings. The highest BCUT2D eigenvalue weighted by molar-refractivity contribution is 6.27. The number of ketones is 1. The summed E-state index contributed by atoms with van der Waals surface area (Å²) in [5.41, 5.74) is 0.578. The molecule has 0 aromatic carbocycles. The molecule has 0 radical (unpaired) electrons. The number of carboxylic acids is 2. The lowest BCUT2D eigenvalue weighted by Crippen LogP contribution is -2.44. The minimum atomic E-state index is -1.82. The Balaban J connectivity index is 0.000000450. The lowest BCUT2D eigenvalue weighted by molar-refractivity contribution is -0.159. The van der Waals surface area contributed by atoms with Gasteiger partial charge >= 0.3 is 11.9 Å². The predicted octanol–water partition coefficient (Wildman–Crippen LogP) is 0.616. The zero-order chi connectivity index (χ0) is 19.1. The third kappa shape index (κ3) is 6.12. The van der Waals surface area contributed by atoms with Gasteiger partial charge in [-0.15, -0.1) is 5.06 Å². The molecule has 0 aliphatic carbocycles. The number of Topliss-reactive ketones (excluding diaryl/α,β-unsaturated/α-hetero) is 1. The third-order valence-electron chi connectivity index (χ3n) is 3.45. The Hall–Kier alpha value is -2.52. The van der Waals surface area contributed by atoms with E-state index >= 15 is 0 Å². The molecule has 2 unspecified atom stereocenters. The van der Waals surface area contributed by atoms with Crippen molar-refractivity contribution in [2.24, 2.45) is 5.92 Å². The van der Waals surface area contributed by atoms with E-state index in [0.717, 1.165) is 6.54 Å². The lowest BCUT2D eigenvalue weighted by atomic mass is 10.0. The summed E-state index contributed by atoms with van der Waals surface area (Å²) < 4.78 is 0. The van der Waals surface area contributed by atoms with Gasteiger partial charge in [0.25, 0.3) is 0 Å². The SMILES string of the molecule is CC1CN(C(C)CN(C)C)Oc2ncccc2C1=O.O=C(O)C(=O)O. The fourth-order valence-electron chi connectivity index (χ4n) is 2.31. The normalized spacial score (nSPS) is 18.3. The number of aliphatic carboxylic acids is 2. The van der Waals surface area contributed by atoms with Gasteiger partial charge in [0.15, 0.2) is 5.78 Å². The Morgan fingerprint density at radius 3 is 2.52 bits per heavy atom. The van der Waals surface area contributed by atoms with Gasteiger partial charge in [-0.25, -0.2) is 14.6 Å². The zero-order valence-electron chi connectivity index (χ0n) is 14.7. The highest BCUT2D eigenvalue weighted by Gasteiger charge is 2.30. The Kier molecular flexibility index (Phi) is 7.46. The van der Waals surface area contributed by atoms with Crippen molar-refractivity contribution in [3.63, 3.8) is 0 Å². The third-order valence-corrected chi connectivity index (χ3v) is 3.45.